The first-order chi connectivity index (χ1) is 10.0. The average Bonchev–Trinajstić information content (AvgIpc) is 2.44. The van der Waals surface area contributed by atoms with Crippen molar-refractivity contribution in [2.75, 3.05) is 18.6 Å². The number of carbonyl (C=O) groups is 2. The van der Waals surface area contributed by atoms with E-state index in [4.69, 9.17) is 4.74 Å². The molecule has 5 nitrogen and oxygen atoms in total. The van der Waals surface area contributed by atoms with Crippen molar-refractivity contribution in [3.63, 3.8) is 0 Å². The largest absolute Gasteiger partial charge is 0.478 e. The van der Waals surface area contributed by atoms with E-state index in [0.717, 1.165) is 12.8 Å². The van der Waals surface area contributed by atoms with Gasteiger partial charge in [0.15, 0.2) is 0 Å². The molecule has 0 bridgehead atoms. The van der Waals surface area contributed by atoms with Gasteiger partial charge < -0.3 is 14.7 Å². The first-order valence-corrected chi connectivity index (χ1v) is 7.23. The van der Waals surface area contributed by atoms with Gasteiger partial charge in [-0.05, 0) is 37.8 Å². The molecule has 0 aromatic heterocycles. The fourth-order valence-corrected chi connectivity index (χ4v) is 2.68. The molecule has 1 aliphatic rings. The average molecular weight is 291 g/mol. The van der Waals surface area contributed by atoms with Crippen LogP contribution in [0.25, 0.3) is 0 Å². The van der Waals surface area contributed by atoms with E-state index in [2.05, 4.69) is 0 Å². The minimum atomic E-state index is -1.02. The predicted molar refractivity (Wildman–Crippen MR) is 79.6 cm³/mol. The summed E-state index contributed by atoms with van der Waals surface area (Å²) in [6, 6.07) is 6.56. The molecule has 0 aliphatic heterocycles. The number of hydrogen-bond donors (Lipinski definition) is 1. The van der Waals surface area contributed by atoms with E-state index in [0.29, 0.717) is 24.6 Å². The number of ether oxygens (including phenoxy) is 1. The topological polar surface area (TPSA) is 66.8 Å². The van der Waals surface area contributed by atoms with E-state index < -0.39 is 5.97 Å². The third kappa shape index (κ3) is 3.61. The Morgan fingerprint density at radius 3 is 2.62 bits per heavy atom. The molecule has 1 saturated carbocycles. The summed E-state index contributed by atoms with van der Waals surface area (Å²) in [6.45, 7) is 2.67. The molecule has 1 amide bonds. The van der Waals surface area contributed by atoms with E-state index >= 15 is 0 Å². The Labute approximate surface area is 124 Å². The van der Waals surface area contributed by atoms with Crippen molar-refractivity contribution in [2.45, 2.75) is 32.3 Å². The quantitative estimate of drug-likeness (QED) is 0.874. The minimum Gasteiger partial charge on any atom is -0.478 e. The lowest BCUT2D eigenvalue weighted by Gasteiger charge is -2.35. The van der Waals surface area contributed by atoms with E-state index in [1.54, 1.807) is 25.2 Å². The molecular weight excluding hydrogens is 270 g/mol. The maximum atomic E-state index is 12.3. The van der Waals surface area contributed by atoms with E-state index in [1.165, 1.54) is 11.0 Å². The molecule has 2 rings (SSSR count). The highest BCUT2D eigenvalue weighted by atomic mass is 16.5. The summed E-state index contributed by atoms with van der Waals surface area (Å²) in [5.41, 5.74) is 0.588. The monoisotopic (exact) mass is 291 g/mol. The van der Waals surface area contributed by atoms with Crippen LogP contribution in [0, 0.1) is 5.92 Å². The molecule has 0 atom stereocenters. The Balaban J connectivity index is 1.96. The molecule has 21 heavy (non-hydrogen) atoms. The Morgan fingerprint density at radius 2 is 2.00 bits per heavy atom. The Morgan fingerprint density at radius 1 is 1.33 bits per heavy atom. The molecule has 1 aromatic rings. The van der Waals surface area contributed by atoms with Gasteiger partial charge in [-0.2, -0.15) is 0 Å². The molecule has 1 aliphatic carbocycles. The van der Waals surface area contributed by atoms with Crippen LogP contribution in [-0.2, 0) is 9.53 Å². The van der Waals surface area contributed by atoms with Gasteiger partial charge >= 0.3 is 5.97 Å². The number of anilines is 1. The van der Waals surface area contributed by atoms with Crippen molar-refractivity contribution in [2.24, 2.45) is 5.92 Å². The van der Waals surface area contributed by atoms with Gasteiger partial charge in [-0.25, -0.2) is 4.79 Å². The molecule has 1 aromatic carbocycles. The maximum Gasteiger partial charge on any atom is 0.337 e. The molecule has 5 heteroatoms. The minimum absolute atomic E-state index is 0.0522. The Hall–Kier alpha value is -1.88. The van der Waals surface area contributed by atoms with Crippen LogP contribution in [0.5, 0.6) is 0 Å². The summed E-state index contributed by atoms with van der Waals surface area (Å²) in [5, 5.41) is 9.17. The second-order valence-corrected chi connectivity index (χ2v) is 5.39. The molecule has 0 radical (unpaired) electrons. The third-order valence-electron chi connectivity index (χ3n) is 3.93. The number of carbonyl (C=O) groups excluding carboxylic acids is 1. The van der Waals surface area contributed by atoms with Gasteiger partial charge in [-0.1, -0.05) is 12.1 Å². The number of rotatable bonds is 6. The van der Waals surface area contributed by atoms with Gasteiger partial charge in [0.1, 0.15) is 0 Å². The predicted octanol–water partition coefficient (Wildman–Crippen LogP) is 2.55. The fourth-order valence-electron chi connectivity index (χ4n) is 2.68. The SMILES string of the molecule is CCOC1CC(CC(=O)N(C)c2ccccc2C(=O)O)C1. The normalized spacial score (nSPS) is 20.7. The zero-order valence-corrected chi connectivity index (χ0v) is 12.4. The van der Waals surface area contributed by atoms with Crippen molar-refractivity contribution in [3.05, 3.63) is 29.8 Å². The van der Waals surface area contributed by atoms with Crippen molar-refractivity contribution in [3.8, 4) is 0 Å². The molecule has 0 heterocycles. The molecule has 0 spiro atoms. The van der Waals surface area contributed by atoms with Crippen molar-refractivity contribution in [1.82, 2.24) is 0 Å². The Kier molecular flexibility index (Phi) is 4.96. The summed E-state index contributed by atoms with van der Waals surface area (Å²) < 4.78 is 5.48. The van der Waals surface area contributed by atoms with Crippen LogP contribution in [0.1, 0.15) is 36.5 Å². The van der Waals surface area contributed by atoms with Crippen molar-refractivity contribution in [1.29, 1.82) is 0 Å². The van der Waals surface area contributed by atoms with Gasteiger partial charge in [-0.3, -0.25) is 4.79 Å². The number of para-hydroxylation sites is 1. The highest BCUT2D eigenvalue weighted by Crippen LogP contribution is 2.33. The summed E-state index contributed by atoms with van der Waals surface area (Å²) in [6.07, 6.45) is 2.54. The highest BCUT2D eigenvalue weighted by Gasteiger charge is 2.32. The number of carboxylic acid groups (broad SMARTS) is 1. The zero-order valence-electron chi connectivity index (χ0n) is 12.4. The molecular formula is C16H21NO4. The zero-order chi connectivity index (χ0) is 15.4. The summed E-state index contributed by atoms with van der Waals surface area (Å²) in [4.78, 5) is 24.9. The van der Waals surface area contributed by atoms with Crippen LogP contribution in [0.15, 0.2) is 24.3 Å². The number of benzene rings is 1. The van der Waals surface area contributed by atoms with Crippen LogP contribution in [0.2, 0.25) is 0 Å². The van der Waals surface area contributed by atoms with Gasteiger partial charge in [0.2, 0.25) is 5.91 Å². The fraction of sp³-hybridized carbons (Fsp3) is 0.500. The molecule has 0 saturated heterocycles. The molecule has 1 fully saturated rings. The van der Waals surface area contributed by atoms with Crippen LogP contribution < -0.4 is 4.90 Å². The van der Waals surface area contributed by atoms with Gasteiger partial charge in [0.05, 0.1) is 17.4 Å². The maximum absolute atomic E-state index is 12.3. The molecule has 0 unspecified atom stereocenters. The first kappa shape index (κ1) is 15.5. The number of carboxylic acids is 1. The van der Waals surface area contributed by atoms with Gasteiger partial charge in [0, 0.05) is 20.1 Å². The van der Waals surface area contributed by atoms with Crippen molar-refractivity contribution < 1.29 is 19.4 Å². The number of aromatic carboxylic acids is 1. The van der Waals surface area contributed by atoms with E-state index in [-0.39, 0.29) is 17.6 Å². The first-order valence-electron chi connectivity index (χ1n) is 7.23. The summed E-state index contributed by atoms with van der Waals surface area (Å²) >= 11 is 0. The standard InChI is InChI=1S/C16H21NO4/c1-3-21-12-8-11(9-12)10-15(18)17(2)14-7-5-4-6-13(14)16(19)20/h4-7,11-12H,3,8-10H2,1-2H3,(H,19,20). The summed E-state index contributed by atoms with van der Waals surface area (Å²) in [7, 11) is 1.63. The number of nitrogens with zero attached hydrogens (tertiary/aromatic N) is 1. The molecule has 114 valence electrons. The molecule has 1 N–H and O–H groups in total. The smallest absolute Gasteiger partial charge is 0.337 e. The van der Waals surface area contributed by atoms with Crippen LogP contribution in [0.3, 0.4) is 0 Å². The van der Waals surface area contributed by atoms with Crippen molar-refractivity contribution >= 4 is 17.6 Å². The van der Waals surface area contributed by atoms with Gasteiger partial charge in [0.25, 0.3) is 0 Å². The van der Waals surface area contributed by atoms with Crippen LogP contribution in [-0.4, -0.2) is 36.7 Å². The second-order valence-electron chi connectivity index (χ2n) is 5.39. The summed E-state index contributed by atoms with van der Waals surface area (Å²) in [5.74, 6) is -0.734. The van der Waals surface area contributed by atoms with Crippen LogP contribution in [0.4, 0.5) is 5.69 Å². The second kappa shape index (κ2) is 6.72. The van der Waals surface area contributed by atoms with Crippen LogP contribution >= 0.6 is 0 Å². The van der Waals surface area contributed by atoms with E-state index in [1.807, 2.05) is 6.92 Å². The third-order valence-corrected chi connectivity index (χ3v) is 3.93. The highest BCUT2D eigenvalue weighted by molar-refractivity contribution is 6.01. The lowest BCUT2D eigenvalue weighted by Crippen LogP contribution is -2.36. The lowest BCUT2D eigenvalue weighted by atomic mass is 9.79. The number of amides is 1. The Bertz CT molecular complexity index is 523. The lowest BCUT2D eigenvalue weighted by molar-refractivity contribution is -0.121. The van der Waals surface area contributed by atoms with Gasteiger partial charge in [-0.15, -0.1) is 0 Å². The van der Waals surface area contributed by atoms with E-state index in [9.17, 15) is 14.7 Å². The number of hydrogen-bond acceptors (Lipinski definition) is 3.